The number of hydrogen-bond donors (Lipinski definition) is 0. The van der Waals surface area contributed by atoms with E-state index in [0.29, 0.717) is 17.5 Å². The van der Waals surface area contributed by atoms with Crippen molar-refractivity contribution in [2.45, 2.75) is 0 Å². The van der Waals surface area contributed by atoms with Crippen LogP contribution in [-0.2, 0) is 0 Å². The summed E-state index contributed by atoms with van der Waals surface area (Å²) < 4.78 is 9.82. The summed E-state index contributed by atoms with van der Waals surface area (Å²) >= 11 is 0. The number of hydrogen-bond acceptors (Lipinski definition) is 3. The molecule has 5 aromatic heterocycles. The fourth-order valence-corrected chi connectivity index (χ4v) is 12.2. The third-order valence-electron chi connectivity index (χ3n) is 15.4. The molecular formula is C69H43N7. The van der Waals surface area contributed by atoms with Crippen LogP contribution in [0.4, 0.5) is 0 Å². The van der Waals surface area contributed by atoms with Gasteiger partial charge in [-0.15, -0.1) is 0 Å². The maximum Gasteiger partial charge on any atom is 0.164 e. The predicted octanol–water partition coefficient (Wildman–Crippen LogP) is 17.3. The van der Waals surface area contributed by atoms with Crippen LogP contribution in [0, 0.1) is 0 Å². The molecule has 11 aromatic carbocycles. The standard InChI is InChI=1S/C69H43N7/c1-6-21-44(22-7-1)67-70-68(45-23-8-2-9-24-45)72-69(71-67)54-33-20-36-59-62(54)64-61(74(59)47-27-12-4-13-28-47)42-39-53-51-32-17-19-35-57(51)76(66(53)64)49-37-40-58-55(43-49)63-60(73(58)46-25-10-3-11-26-46)41-38-52-50-31-16-18-34-56(50)75(65(52)63)48-29-14-5-15-30-48/h1-43H. The van der Waals surface area contributed by atoms with Gasteiger partial charge in [0.1, 0.15) is 0 Å². The van der Waals surface area contributed by atoms with Crippen LogP contribution in [-0.4, -0.2) is 33.2 Å². The van der Waals surface area contributed by atoms with Crippen molar-refractivity contribution in [2.75, 3.05) is 0 Å². The van der Waals surface area contributed by atoms with E-state index in [2.05, 4.69) is 243 Å². The Labute approximate surface area is 436 Å². The highest BCUT2D eigenvalue weighted by atomic mass is 15.1. The number of rotatable bonds is 7. The molecule has 0 amide bonds. The Morgan fingerprint density at radius 2 is 0.618 bits per heavy atom. The Bertz CT molecular complexity index is 4900. The molecule has 0 saturated heterocycles. The lowest BCUT2D eigenvalue weighted by Crippen LogP contribution is -2.00. The summed E-state index contributed by atoms with van der Waals surface area (Å²) in [5, 5.41) is 9.32. The van der Waals surface area contributed by atoms with E-state index in [4.69, 9.17) is 15.0 Å². The largest absolute Gasteiger partial charge is 0.309 e. The molecule has 0 N–H and O–H groups in total. The molecule has 5 heterocycles. The van der Waals surface area contributed by atoms with E-state index < -0.39 is 0 Å². The van der Waals surface area contributed by atoms with E-state index in [1.165, 1.54) is 38.0 Å². The first-order valence-electron chi connectivity index (χ1n) is 25.8. The average molecular weight is 970 g/mol. The van der Waals surface area contributed by atoms with Gasteiger partial charge in [-0.3, -0.25) is 0 Å². The topological polar surface area (TPSA) is 58.4 Å². The molecule has 7 heteroatoms. The van der Waals surface area contributed by atoms with E-state index in [1.54, 1.807) is 0 Å². The summed E-state index contributed by atoms with van der Waals surface area (Å²) in [6.45, 7) is 0. The van der Waals surface area contributed by atoms with Crippen molar-refractivity contribution in [3.8, 4) is 56.9 Å². The summed E-state index contributed by atoms with van der Waals surface area (Å²) in [4.78, 5) is 15.8. The lowest BCUT2D eigenvalue weighted by Gasteiger charge is -2.12. The smallest absolute Gasteiger partial charge is 0.164 e. The highest BCUT2D eigenvalue weighted by Gasteiger charge is 2.26. The van der Waals surface area contributed by atoms with Gasteiger partial charge in [0.05, 0.1) is 44.1 Å². The number of fused-ring (bicyclic) bond motifs is 14. The molecule has 0 aliphatic rings. The predicted molar refractivity (Wildman–Crippen MR) is 313 cm³/mol. The van der Waals surface area contributed by atoms with E-state index in [0.717, 1.165) is 88.7 Å². The molecule has 0 aliphatic carbocycles. The quantitative estimate of drug-likeness (QED) is 0.160. The zero-order chi connectivity index (χ0) is 49.8. The van der Waals surface area contributed by atoms with Crippen LogP contribution in [0.5, 0.6) is 0 Å². The average Bonchev–Trinajstić information content (AvgIpc) is 4.42. The van der Waals surface area contributed by atoms with Gasteiger partial charge in [-0.1, -0.05) is 176 Å². The van der Waals surface area contributed by atoms with Crippen LogP contribution in [0.3, 0.4) is 0 Å². The number of para-hydroxylation sites is 5. The Balaban J connectivity index is 1.06. The highest BCUT2D eigenvalue weighted by molar-refractivity contribution is 6.30. The van der Waals surface area contributed by atoms with Gasteiger partial charge in [-0.05, 0) is 84.9 Å². The van der Waals surface area contributed by atoms with Gasteiger partial charge >= 0.3 is 0 Å². The van der Waals surface area contributed by atoms with Gasteiger partial charge in [0.15, 0.2) is 17.5 Å². The Kier molecular flexibility index (Phi) is 9.20. The second-order valence-corrected chi connectivity index (χ2v) is 19.5. The molecule has 354 valence electrons. The van der Waals surface area contributed by atoms with Crippen molar-refractivity contribution in [1.82, 2.24) is 33.2 Å². The molecule has 0 unspecified atom stereocenters. The van der Waals surface area contributed by atoms with Gasteiger partial charge in [0.25, 0.3) is 0 Å². The van der Waals surface area contributed by atoms with Gasteiger partial charge in [-0.2, -0.15) is 0 Å². The Morgan fingerprint density at radius 3 is 1.18 bits per heavy atom. The summed E-state index contributed by atoms with van der Waals surface area (Å²) in [5.41, 5.74) is 16.2. The minimum Gasteiger partial charge on any atom is -0.309 e. The number of aromatic nitrogens is 7. The van der Waals surface area contributed by atoms with Crippen molar-refractivity contribution < 1.29 is 0 Å². The van der Waals surface area contributed by atoms with Crippen molar-refractivity contribution in [3.63, 3.8) is 0 Å². The second kappa shape index (κ2) is 16.6. The minimum atomic E-state index is 0.609. The summed E-state index contributed by atoms with van der Waals surface area (Å²) in [5.74, 6) is 1.85. The van der Waals surface area contributed by atoms with Crippen molar-refractivity contribution in [1.29, 1.82) is 0 Å². The van der Waals surface area contributed by atoms with Crippen LogP contribution in [0.25, 0.3) is 144 Å². The van der Waals surface area contributed by atoms with Crippen LogP contribution in [0.1, 0.15) is 0 Å². The lowest BCUT2D eigenvalue weighted by molar-refractivity contribution is 1.08. The first-order valence-corrected chi connectivity index (χ1v) is 25.8. The summed E-state index contributed by atoms with van der Waals surface area (Å²) in [7, 11) is 0. The Morgan fingerprint density at radius 1 is 0.224 bits per heavy atom. The molecule has 0 spiro atoms. The third-order valence-corrected chi connectivity index (χ3v) is 15.4. The summed E-state index contributed by atoms with van der Waals surface area (Å²) in [6, 6.07) is 93.3. The molecule has 0 aliphatic heterocycles. The van der Waals surface area contributed by atoms with Crippen molar-refractivity contribution >= 4 is 87.2 Å². The molecule has 16 aromatic rings. The van der Waals surface area contributed by atoms with Gasteiger partial charge < -0.3 is 18.3 Å². The van der Waals surface area contributed by atoms with E-state index in [9.17, 15) is 0 Å². The zero-order valence-electron chi connectivity index (χ0n) is 41.0. The van der Waals surface area contributed by atoms with Crippen LogP contribution in [0.2, 0.25) is 0 Å². The van der Waals surface area contributed by atoms with Gasteiger partial charge in [0.2, 0.25) is 0 Å². The first kappa shape index (κ1) is 42.2. The SMILES string of the molecule is c1ccc(-c2nc(-c3ccccc3)nc(-c3cccc4c3c3c(ccc5c6ccccc6n(-c6ccc7c(c6)c6c(ccc8c9ccccc9n(-c9ccccc9)c86)n7-c6ccccc6)c53)n4-c3ccccc3)n2)cc1. The second-order valence-electron chi connectivity index (χ2n) is 19.5. The number of nitrogens with zero attached hydrogens (tertiary/aromatic N) is 7. The molecule has 0 radical (unpaired) electrons. The van der Waals surface area contributed by atoms with E-state index >= 15 is 0 Å². The fourth-order valence-electron chi connectivity index (χ4n) is 12.2. The Hall–Kier alpha value is -10.4. The minimum absolute atomic E-state index is 0.609. The first-order chi connectivity index (χ1) is 37.7. The highest BCUT2D eigenvalue weighted by Crippen LogP contribution is 2.47. The van der Waals surface area contributed by atoms with E-state index in [1.807, 2.05) is 36.4 Å². The molecule has 7 nitrogen and oxygen atoms in total. The molecule has 0 atom stereocenters. The summed E-state index contributed by atoms with van der Waals surface area (Å²) in [6.07, 6.45) is 0. The molecule has 16 rings (SSSR count). The maximum absolute atomic E-state index is 5.36. The molecule has 0 fully saturated rings. The maximum atomic E-state index is 5.36. The molecular weight excluding hydrogens is 927 g/mol. The van der Waals surface area contributed by atoms with Crippen LogP contribution in [0.15, 0.2) is 261 Å². The van der Waals surface area contributed by atoms with E-state index in [-0.39, 0.29) is 0 Å². The molecule has 0 saturated carbocycles. The van der Waals surface area contributed by atoms with Gasteiger partial charge in [-0.25, -0.2) is 15.0 Å². The lowest BCUT2D eigenvalue weighted by atomic mass is 10.0. The normalized spacial score (nSPS) is 11.9. The van der Waals surface area contributed by atoms with Crippen molar-refractivity contribution in [3.05, 3.63) is 261 Å². The molecule has 76 heavy (non-hydrogen) atoms. The number of benzene rings is 11. The molecule has 0 bridgehead atoms. The van der Waals surface area contributed by atoms with Crippen LogP contribution < -0.4 is 0 Å². The monoisotopic (exact) mass is 969 g/mol. The zero-order valence-corrected chi connectivity index (χ0v) is 41.0. The van der Waals surface area contributed by atoms with Crippen LogP contribution >= 0.6 is 0 Å². The van der Waals surface area contributed by atoms with Crippen molar-refractivity contribution in [2.24, 2.45) is 0 Å². The van der Waals surface area contributed by atoms with Gasteiger partial charge in [0, 0.05) is 82.5 Å². The fraction of sp³-hybridized carbons (Fsp3) is 0. The third kappa shape index (κ3) is 6.20.